The molecule has 13 rings (SSSR count). The average molecular weight is 813 g/mol. The molecule has 64 heavy (non-hydrogen) atoms. The molecule has 1 aliphatic rings. The largest absolute Gasteiger partial charge is 0.310 e. The fourth-order valence-corrected chi connectivity index (χ4v) is 10.4. The van der Waals surface area contributed by atoms with Gasteiger partial charge in [0.05, 0.1) is 11.2 Å². The number of rotatable bonds is 7. The number of benzene rings is 11. The van der Waals surface area contributed by atoms with Crippen molar-refractivity contribution in [2.75, 3.05) is 4.90 Å². The third kappa shape index (κ3) is 5.73. The Balaban J connectivity index is 1.01. The van der Waals surface area contributed by atoms with E-state index in [0.29, 0.717) is 0 Å². The Morgan fingerprint density at radius 2 is 0.891 bits per heavy atom. The number of anilines is 3. The van der Waals surface area contributed by atoms with Crippen molar-refractivity contribution in [3.8, 4) is 61.5 Å². The van der Waals surface area contributed by atoms with E-state index in [1.54, 1.807) is 0 Å². The first-order chi connectivity index (χ1) is 31.7. The Kier molecular flexibility index (Phi) is 8.25. The molecule has 0 bridgehead atoms. The third-order valence-electron chi connectivity index (χ3n) is 13.3. The summed E-state index contributed by atoms with van der Waals surface area (Å²) in [5.41, 5.74) is 17.9. The molecule has 0 unspecified atom stereocenters. The molecule has 0 fully saturated rings. The van der Waals surface area contributed by atoms with Crippen LogP contribution in [-0.2, 0) is 0 Å². The predicted octanol–water partition coefficient (Wildman–Crippen LogP) is 17.2. The van der Waals surface area contributed by atoms with E-state index in [-0.39, 0.29) is 0 Å². The van der Waals surface area contributed by atoms with Crippen molar-refractivity contribution in [3.05, 3.63) is 243 Å². The molecule has 0 N–H and O–H groups in total. The van der Waals surface area contributed by atoms with Crippen LogP contribution in [0.3, 0.4) is 0 Å². The van der Waals surface area contributed by atoms with E-state index in [1.807, 2.05) is 0 Å². The van der Waals surface area contributed by atoms with E-state index in [0.717, 1.165) is 28.3 Å². The Hall–Kier alpha value is -8.46. The van der Waals surface area contributed by atoms with Crippen molar-refractivity contribution < 1.29 is 0 Å². The maximum Gasteiger partial charge on any atom is 0.0619 e. The first-order valence-corrected chi connectivity index (χ1v) is 22.1. The molecule has 2 nitrogen and oxygen atoms in total. The van der Waals surface area contributed by atoms with Crippen molar-refractivity contribution in [3.63, 3.8) is 0 Å². The molecule has 0 radical (unpaired) electrons. The van der Waals surface area contributed by atoms with Gasteiger partial charge < -0.3 is 9.47 Å². The normalized spacial score (nSPS) is 11.8. The van der Waals surface area contributed by atoms with Crippen LogP contribution >= 0.6 is 0 Å². The number of para-hydroxylation sites is 2. The zero-order chi connectivity index (χ0) is 42.1. The minimum atomic E-state index is 1.09. The molecule has 0 aliphatic heterocycles. The van der Waals surface area contributed by atoms with Crippen LogP contribution in [-0.4, -0.2) is 4.57 Å². The molecule has 0 atom stereocenters. The van der Waals surface area contributed by atoms with E-state index < -0.39 is 0 Å². The lowest BCUT2D eigenvalue weighted by molar-refractivity contribution is 1.13. The first kappa shape index (κ1) is 36.2. The summed E-state index contributed by atoms with van der Waals surface area (Å²) < 4.78 is 2.43. The summed E-state index contributed by atoms with van der Waals surface area (Å²) >= 11 is 0. The molecule has 1 heterocycles. The summed E-state index contributed by atoms with van der Waals surface area (Å²) in [6, 6.07) is 89.1. The topological polar surface area (TPSA) is 8.17 Å². The molecule has 0 saturated heterocycles. The third-order valence-corrected chi connectivity index (χ3v) is 13.3. The number of fused-ring (bicyclic) bond motifs is 7. The molecular formula is C62H40N2. The van der Waals surface area contributed by atoms with Crippen LogP contribution in [0.1, 0.15) is 0 Å². The van der Waals surface area contributed by atoms with Gasteiger partial charge in [-0.15, -0.1) is 0 Å². The minimum absolute atomic E-state index is 1.09. The second-order valence-electron chi connectivity index (χ2n) is 16.9. The van der Waals surface area contributed by atoms with Crippen LogP contribution < -0.4 is 4.90 Å². The summed E-state index contributed by atoms with van der Waals surface area (Å²) in [6.45, 7) is 0. The summed E-state index contributed by atoms with van der Waals surface area (Å²) in [5, 5.41) is 8.83. The standard InChI is InChI=1S/C62H40N2/c1-3-16-43(17-4-1)61-56-26-11-12-28-59(56)64(48-20-5-2-6-21-48)62(61)44-33-35-49(36-34-44)63(51-38-47-19-14-27-55-53-24-9-10-25-54(53)58(40-51)60(47)55)50-22-13-18-45(37-50)46-32-31-42-30-29-41-15-7-8-23-52(41)57(42)39-46/h1-40H. The zero-order valence-electron chi connectivity index (χ0n) is 35.0. The fourth-order valence-electron chi connectivity index (χ4n) is 10.4. The van der Waals surface area contributed by atoms with E-state index in [1.165, 1.54) is 93.4 Å². The summed E-state index contributed by atoms with van der Waals surface area (Å²) in [4.78, 5) is 2.44. The van der Waals surface area contributed by atoms with Gasteiger partial charge in [0.2, 0.25) is 0 Å². The van der Waals surface area contributed by atoms with Crippen molar-refractivity contribution in [1.82, 2.24) is 4.57 Å². The van der Waals surface area contributed by atoms with Gasteiger partial charge in [-0.05, 0) is 137 Å². The van der Waals surface area contributed by atoms with Gasteiger partial charge in [-0.2, -0.15) is 0 Å². The molecule has 11 aromatic carbocycles. The highest BCUT2D eigenvalue weighted by atomic mass is 15.1. The van der Waals surface area contributed by atoms with Gasteiger partial charge in [-0.3, -0.25) is 0 Å². The monoisotopic (exact) mass is 812 g/mol. The van der Waals surface area contributed by atoms with E-state index in [4.69, 9.17) is 0 Å². The lowest BCUT2D eigenvalue weighted by atomic mass is 9.96. The predicted molar refractivity (Wildman–Crippen MR) is 271 cm³/mol. The van der Waals surface area contributed by atoms with Gasteiger partial charge in [0.15, 0.2) is 0 Å². The average Bonchev–Trinajstić information content (AvgIpc) is 3.89. The van der Waals surface area contributed by atoms with Crippen LogP contribution in [0.2, 0.25) is 0 Å². The summed E-state index contributed by atoms with van der Waals surface area (Å²) in [7, 11) is 0. The van der Waals surface area contributed by atoms with Crippen LogP contribution in [0.5, 0.6) is 0 Å². The summed E-state index contributed by atoms with van der Waals surface area (Å²) in [6.07, 6.45) is 0. The zero-order valence-corrected chi connectivity index (χ0v) is 35.0. The summed E-state index contributed by atoms with van der Waals surface area (Å²) in [5.74, 6) is 0. The second-order valence-corrected chi connectivity index (χ2v) is 16.9. The molecule has 1 aromatic heterocycles. The van der Waals surface area contributed by atoms with Gasteiger partial charge in [-0.25, -0.2) is 0 Å². The van der Waals surface area contributed by atoms with Crippen molar-refractivity contribution in [2.24, 2.45) is 0 Å². The Morgan fingerprint density at radius 1 is 0.297 bits per heavy atom. The van der Waals surface area contributed by atoms with Crippen LogP contribution in [0.15, 0.2) is 243 Å². The number of hydrogen-bond acceptors (Lipinski definition) is 1. The minimum Gasteiger partial charge on any atom is -0.310 e. The lowest BCUT2D eigenvalue weighted by Crippen LogP contribution is -2.10. The molecule has 12 aromatic rings. The molecule has 0 amide bonds. The Bertz CT molecular complexity index is 3690. The van der Waals surface area contributed by atoms with Crippen molar-refractivity contribution in [1.29, 1.82) is 0 Å². The van der Waals surface area contributed by atoms with Crippen LogP contribution in [0.25, 0.3) is 105 Å². The Morgan fingerprint density at radius 3 is 1.72 bits per heavy atom. The lowest BCUT2D eigenvalue weighted by Gasteiger charge is -2.27. The van der Waals surface area contributed by atoms with Crippen molar-refractivity contribution >= 4 is 60.3 Å². The number of aromatic nitrogens is 1. The van der Waals surface area contributed by atoms with Gasteiger partial charge in [0.25, 0.3) is 0 Å². The maximum absolute atomic E-state index is 2.44. The number of nitrogens with zero attached hydrogens (tertiary/aromatic N) is 2. The molecule has 0 spiro atoms. The van der Waals surface area contributed by atoms with Gasteiger partial charge in [-0.1, -0.05) is 182 Å². The first-order valence-electron chi connectivity index (χ1n) is 22.1. The van der Waals surface area contributed by atoms with Gasteiger partial charge in [0, 0.05) is 33.7 Å². The van der Waals surface area contributed by atoms with Crippen LogP contribution in [0.4, 0.5) is 17.1 Å². The molecule has 298 valence electrons. The van der Waals surface area contributed by atoms with E-state index >= 15 is 0 Å². The molecular weight excluding hydrogens is 773 g/mol. The smallest absolute Gasteiger partial charge is 0.0619 e. The molecule has 1 aliphatic carbocycles. The molecule has 0 saturated carbocycles. The van der Waals surface area contributed by atoms with Gasteiger partial charge >= 0.3 is 0 Å². The number of hydrogen-bond donors (Lipinski definition) is 0. The highest BCUT2D eigenvalue weighted by molar-refractivity contribution is 6.17. The van der Waals surface area contributed by atoms with E-state index in [2.05, 4.69) is 252 Å². The SMILES string of the molecule is c1ccc(-c2c(-c3ccc(N(c4cccc(-c5ccc6ccc7ccccc7c6c5)c4)c4cc5c6c(cccc6c4)-c4ccccc4-5)cc3)n(-c3ccccc3)c3ccccc23)cc1. The van der Waals surface area contributed by atoms with E-state index in [9.17, 15) is 0 Å². The quantitative estimate of drug-likeness (QED) is 0.146. The highest BCUT2D eigenvalue weighted by Crippen LogP contribution is 2.51. The van der Waals surface area contributed by atoms with Crippen LogP contribution in [0, 0.1) is 0 Å². The maximum atomic E-state index is 2.44. The highest BCUT2D eigenvalue weighted by Gasteiger charge is 2.25. The van der Waals surface area contributed by atoms with Gasteiger partial charge in [0.1, 0.15) is 0 Å². The van der Waals surface area contributed by atoms with Crippen molar-refractivity contribution in [2.45, 2.75) is 0 Å². The second kappa shape index (κ2) is 14.6. The molecule has 2 heteroatoms. The Labute approximate surface area is 372 Å². The fraction of sp³-hybridized carbons (Fsp3) is 0.